The second kappa shape index (κ2) is 13.4. The van der Waals surface area contributed by atoms with Gasteiger partial charge in [0, 0.05) is 11.1 Å². The van der Waals surface area contributed by atoms with E-state index >= 15 is 0 Å². The van der Waals surface area contributed by atoms with Crippen molar-refractivity contribution in [2.45, 2.75) is 73.6 Å². The smallest absolute Gasteiger partial charge is 0.0744 e. The summed E-state index contributed by atoms with van der Waals surface area (Å²) in [6.07, 6.45) is 12.1. The molecule has 0 amide bonds. The van der Waals surface area contributed by atoms with Crippen LogP contribution in [0.15, 0.2) is 107 Å². The molecule has 0 saturated carbocycles. The fourth-order valence-corrected chi connectivity index (χ4v) is 5.53. The molecule has 0 bridgehead atoms. The van der Waals surface area contributed by atoms with Crippen LogP contribution in [0.2, 0.25) is 0 Å². The lowest BCUT2D eigenvalue weighted by Gasteiger charge is -2.20. The monoisotopic (exact) mass is 513 g/mol. The summed E-state index contributed by atoms with van der Waals surface area (Å²) in [5.74, 6) is 0. The van der Waals surface area contributed by atoms with Crippen LogP contribution in [0.3, 0.4) is 0 Å². The van der Waals surface area contributed by atoms with Gasteiger partial charge in [-0.15, -0.1) is 0 Å². The van der Waals surface area contributed by atoms with Crippen molar-refractivity contribution in [2.75, 3.05) is 0 Å². The molecule has 0 unspecified atom stereocenters. The Morgan fingerprint density at radius 1 is 0.769 bits per heavy atom. The van der Waals surface area contributed by atoms with Gasteiger partial charge in [0.25, 0.3) is 0 Å². The molecule has 39 heavy (non-hydrogen) atoms. The Bertz CT molecular complexity index is 1420. The Balaban J connectivity index is 1.92. The van der Waals surface area contributed by atoms with Crippen LogP contribution < -0.4 is 0 Å². The van der Waals surface area contributed by atoms with E-state index in [1.807, 2.05) is 0 Å². The number of hydrogen-bond acceptors (Lipinski definition) is 1. The standard InChI is InChI=1S/C38H43N/c1-7-16-35(30(6)36-28(4)17-15-18-29(36)5)38(33-21-13-10-14-22-33)39-37(27(3)8-2)34-25-23-32(24-26-34)31-19-11-9-12-20-31/h10-11,13-15,17-26H,7-9,12,16H2,1-6H3/b35-30+,37-27+,39-38+. The first-order chi connectivity index (χ1) is 18.9. The molecule has 0 aliphatic heterocycles. The molecule has 0 heterocycles. The van der Waals surface area contributed by atoms with Gasteiger partial charge in [0.1, 0.15) is 0 Å². The zero-order chi connectivity index (χ0) is 27.8. The SMILES string of the molecule is CCCC(/C(=N/C(=C(\C)CC)c1ccc(C2=CCCC=C2)cc1)c1ccccc1)=C(/C)c1c(C)cccc1C. The Hall–Kier alpha value is -3.71. The van der Waals surface area contributed by atoms with Gasteiger partial charge in [0.2, 0.25) is 0 Å². The highest BCUT2D eigenvalue weighted by Crippen LogP contribution is 2.33. The third kappa shape index (κ3) is 6.66. The fraction of sp³-hybridized carbons (Fsp3) is 0.289. The number of nitrogens with zero attached hydrogens (tertiary/aromatic N) is 1. The highest BCUT2D eigenvalue weighted by Gasteiger charge is 2.18. The van der Waals surface area contributed by atoms with E-state index < -0.39 is 0 Å². The molecule has 0 aromatic heterocycles. The third-order valence-corrected chi connectivity index (χ3v) is 7.79. The minimum absolute atomic E-state index is 0.958. The molecule has 1 nitrogen and oxygen atoms in total. The minimum Gasteiger partial charge on any atom is -0.248 e. The molecule has 0 spiro atoms. The van der Waals surface area contributed by atoms with E-state index in [0.29, 0.717) is 0 Å². The molecule has 0 atom stereocenters. The van der Waals surface area contributed by atoms with Crippen molar-refractivity contribution < 1.29 is 0 Å². The highest BCUT2D eigenvalue weighted by molar-refractivity contribution is 6.18. The second-order valence-electron chi connectivity index (χ2n) is 10.6. The van der Waals surface area contributed by atoms with Crippen LogP contribution >= 0.6 is 0 Å². The molecular formula is C38H43N. The zero-order valence-corrected chi connectivity index (χ0v) is 24.6. The lowest BCUT2D eigenvalue weighted by atomic mass is 9.87. The molecule has 200 valence electrons. The molecule has 1 aliphatic carbocycles. The fourth-order valence-electron chi connectivity index (χ4n) is 5.53. The van der Waals surface area contributed by atoms with Crippen molar-refractivity contribution >= 4 is 22.6 Å². The van der Waals surface area contributed by atoms with Crippen LogP contribution in [0.25, 0.3) is 16.8 Å². The maximum atomic E-state index is 5.56. The lowest BCUT2D eigenvalue weighted by molar-refractivity contribution is 0.935. The lowest BCUT2D eigenvalue weighted by Crippen LogP contribution is -2.10. The number of allylic oxidation sites excluding steroid dienone is 7. The second-order valence-corrected chi connectivity index (χ2v) is 10.6. The van der Waals surface area contributed by atoms with E-state index in [2.05, 4.69) is 133 Å². The number of benzene rings is 3. The van der Waals surface area contributed by atoms with Crippen molar-refractivity contribution in [3.63, 3.8) is 0 Å². The molecule has 0 radical (unpaired) electrons. The van der Waals surface area contributed by atoms with Gasteiger partial charge in [-0.25, -0.2) is 4.99 Å². The Labute approximate surface area is 236 Å². The van der Waals surface area contributed by atoms with Gasteiger partial charge < -0.3 is 0 Å². The van der Waals surface area contributed by atoms with Crippen molar-refractivity contribution in [1.82, 2.24) is 0 Å². The van der Waals surface area contributed by atoms with Crippen LogP contribution in [0, 0.1) is 13.8 Å². The van der Waals surface area contributed by atoms with E-state index in [1.165, 1.54) is 55.7 Å². The predicted molar refractivity (Wildman–Crippen MR) is 172 cm³/mol. The van der Waals surface area contributed by atoms with Gasteiger partial charge >= 0.3 is 0 Å². The first kappa shape index (κ1) is 28.3. The summed E-state index contributed by atoms with van der Waals surface area (Å²) in [5.41, 5.74) is 15.0. The Morgan fingerprint density at radius 3 is 2.05 bits per heavy atom. The summed E-state index contributed by atoms with van der Waals surface area (Å²) in [7, 11) is 0. The summed E-state index contributed by atoms with van der Waals surface area (Å²) in [5, 5.41) is 0. The molecule has 1 heteroatoms. The van der Waals surface area contributed by atoms with E-state index in [-0.39, 0.29) is 0 Å². The summed E-state index contributed by atoms with van der Waals surface area (Å²) < 4.78 is 0. The largest absolute Gasteiger partial charge is 0.248 e. The van der Waals surface area contributed by atoms with Crippen molar-refractivity contribution in [3.8, 4) is 0 Å². The topological polar surface area (TPSA) is 12.4 Å². The van der Waals surface area contributed by atoms with Gasteiger partial charge in [0.05, 0.1) is 11.4 Å². The molecular weight excluding hydrogens is 470 g/mol. The Morgan fingerprint density at radius 2 is 1.46 bits per heavy atom. The first-order valence-electron chi connectivity index (χ1n) is 14.5. The molecule has 1 aliphatic rings. The van der Waals surface area contributed by atoms with Gasteiger partial charge in [-0.1, -0.05) is 111 Å². The van der Waals surface area contributed by atoms with Gasteiger partial charge in [0.15, 0.2) is 0 Å². The van der Waals surface area contributed by atoms with Crippen LogP contribution in [-0.2, 0) is 0 Å². The zero-order valence-electron chi connectivity index (χ0n) is 24.6. The molecule has 3 aromatic carbocycles. The molecule has 0 saturated heterocycles. The summed E-state index contributed by atoms with van der Waals surface area (Å²) in [4.78, 5) is 5.56. The van der Waals surface area contributed by atoms with Gasteiger partial charge in [-0.3, -0.25) is 0 Å². The van der Waals surface area contributed by atoms with Gasteiger partial charge in [-0.2, -0.15) is 0 Å². The minimum atomic E-state index is 0.958. The van der Waals surface area contributed by atoms with Gasteiger partial charge in [-0.05, 0) is 97.9 Å². The Kier molecular flexibility index (Phi) is 9.71. The first-order valence-corrected chi connectivity index (χ1v) is 14.5. The summed E-state index contributed by atoms with van der Waals surface area (Å²) >= 11 is 0. The van der Waals surface area contributed by atoms with Crippen molar-refractivity contribution in [1.29, 1.82) is 0 Å². The highest BCUT2D eigenvalue weighted by atomic mass is 14.8. The van der Waals surface area contributed by atoms with E-state index in [1.54, 1.807) is 0 Å². The average molecular weight is 514 g/mol. The summed E-state index contributed by atoms with van der Waals surface area (Å²) in [6.45, 7) is 13.4. The normalized spacial score (nSPS) is 15.0. The van der Waals surface area contributed by atoms with E-state index in [0.717, 1.165) is 43.5 Å². The number of aliphatic imine (C=N–C) groups is 1. The molecule has 0 N–H and O–H groups in total. The van der Waals surface area contributed by atoms with E-state index in [4.69, 9.17) is 4.99 Å². The van der Waals surface area contributed by atoms with Crippen molar-refractivity contribution in [3.05, 3.63) is 136 Å². The number of rotatable bonds is 9. The molecule has 0 fully saturated rings. The van der Waals surface area contributed by atoms with Crippen LogP contribution in [0.5, 0.6) is 0 Å². The van der Waals surface area contributed by atoms with Crippen LogP contribution in [0.1, 0.15) is 93.2 Å². The third-order valence-electron chi connectivity index (χ3n) is 7.79. The van der Waals surface area contributed by atoms with Crippen LogP contribution in [-0.4, -0.2) is 5.71 Å². The van der Waals surface area contributed by atoms with E-state index in [9.17, 15) is 0 Å². The predicted octanol–water partition coefficient (Wildman–Crippen LogP) is 10.9. The molecule has 4 rings (SSSR count). The van der Waals surface area contributed by atoms with Crippen molar-refractivity contribution in [2.24, 2.45) is 4.99 Å². The maximum absolute atomic E-state index is 5.56. The maximum Gasteiger partial charge on any atom is 0.0744 e. The quantitative estimate of drug-likeness (QED) is 0.252. The average Bonchev–Trinajstić information content (AvgIpc) is 2.97. The summed E-state index contributed by atoms with van der Waals surface area (Å²) in [6, 6.07) is 26.3. The molecule has 3 aromatic rings. The number of aryl methyl sites for hydroxylation is 2. The van der Waals surface area contributed by atoms with Crippen LogP contribution in [0.4, 0.5) is 0 Å². The number of hydrogen-bond donors (Lipinski definition) is 0.